The van der Waals surface area contributed by atoms with Gasteiger partial charge in [-0.15, -0.1) is 0 Å². The summed E-state index contributed by atoms with van der Waals surface area (Å²) in [7, 11) is 0. The molecule has 1 aromatic carbocycles. The molecule has 74 valence electrons. The topological polar surface area (TPSA) is 26.0 Å². The van der Waals surface area contributed by atoms with E-state index in [2.05, 4.69) is 37.8 Å². The smallest absolute Gasteiger partial charge is 0.0668 e. The molecule has 1 nitrogen and oxygen atoms in total. The van der Waals surface area contributed by atoms with E-state index in [0.717, 1.165) is 18.4 Å². The van der Waals surface area contributed by atoms with Crippen LogP contribution in [0.2, 0.25) is 0 Å². The van der Waals surface area contributed by atoms with Gasteiger partial charge < -0.3 is 5.73 Å². The van der Waals surface area contributed by atoms with E-state index >= 15 is 0 Å². The van der Waals surface area contributed by atoms with Crippen molar-refractivity contribution in [3.63, 3.8) is 0 Å². The standard InChI is InChI=1S/C13H17N/c1-3-4-13(14)10-9-12-7-5-11(2)6-8-12/h5-8,13H,3-4,14H2,1-2H3. The molecule has 0 amide bonds. The van der Waals surface area contributed by atoms with Crippen molar-refractivity contribution in [1.29, 1.82) is 0 Å². The van der Waals surface area contributed by atoms with Gasteiger partial charge in [0, 0.05) is 5.56 Å². The van der Waals surface area contributed by atoms with Crippen LogP contribution in [0.1, 0.15) is 30.9 Å². The van der Waals surface area contributed by atoms with Crippen molar-refractivity contribution in [2.75, 3.05) is 0 Å². The Hall–Kier alpha value is -1.26. The van der Waals surface area contributed by atoms with Gasteiger partial charge in [-0.1, -0.05) is 42.9 Å². The van der Waals surface area contributed by atoms with Crippen molar-refractivity contribution < 1.29 is 0 Å². The number of rotatable bonds is 2. The van der Waals surface area contributed by atoms with Crippen LogP contribution in [0.4, 0.5) is 0 Å². The molecule has 0 aliphatic rings. The summed E-state index contributed by atoms with van der Waals surface area (Å²) in [6.45, 7) is 4.19. The number of hydrogen-bond donors (Lipinski definition) is 1. The van der Waals surface area contributed by atoms with E-state index in [-0.39, 0.29) is 6.04 Å². The number of benzene rings is 1. The van der Waals surface area contributed by atoms with Crippen LogP contribution in [0, 0.1) is 18.8 Å². The number of nitrogens with two attached hydrogens (primary N) is 1. The van der Waals surface area contributed by atoms with Gasteiger partial charge in [-0.25, -0.2) is 0 Å². The lowest BCUT2D eigenvalue weighted by Crippen LogP contribution is -2.16. The van der Waals surface area contributed by atoms with Crippen LogP contribution in [0.3, 0.4) is 0 Å². The van der Waals surface area contributed by atoms with Crippen molar-refractivity contribution in [2.24, 2.45) is 5.73 Å². The first-order valence-corrected chi connectivity index (χ1v) is 5.06. The lowest BCUT2D eigenvalue weighted by molar-refractivity contribution is 0.720. The molecule has 0 radical (unpaired) electrons. The third kappa shape index (κ3) is 3.64. The molecule has 0 aromatic heterocycles. The Kier molecular flexibility index (Phi) is 4.22. The second-order valence-electron chi connectivity index (χ2n) is 3.53. The van der Waals surface area contributed by atoms with Gasteiger partial charge in [0.2, 0.25) is 0 Å². The molecule has 2 N–H and O–H groups in total. The molecule has 1 atom stereocenters. The third-order valence-electron chi connectivity index (χ3n) is 2.05. The third-order valence-corrected chi connectivity index (χ3v) is 2.05. The lowest BCUT2D eigenvalue weighted by Gasteiger charge is -1.99. The quantitative estimate of drug-likeness (QED) is 0.707. The Labute approximate surface area is 86.3 Å². The van der Waals surface area contributed by atoms with Crippen molar-refractivity contribution in [2.45, 2.75) is 32.7 Å². The first-order chi connectivity index (χ1) is 6.72. The molecule has 0 bridgehead atoms. The van der Waals surface area contributed by atoms with Crippen LogP contribution in [0.25, 0.3) is 0 Å². The summed E-state index contributed by atoms with van der Waals surface area (Å²) in [4.78, 5) is 0. The van der Waals surface area contributed by atoms with E-state index in [1.165, 1.54) is 5.56 Å². The predicted molar refractivity (Wildman–Crippen MR) is 60.9 cm³/mol. The van der Waals surface area contributed by atoms with Gasteiger partial charge in [0.15, 0.2) is 0 Å². The van der Waals surface area contributed by atoms with E-state index in [1.54, 1.807) is 0 Å². The van der Waals surface area contributed by atoms with Gasteiger partial charge in [-0.3, -0.25) is 0 Å². The van der Waals surface area contributed by atoms with Crippen LogP contribution >= 0.6 is 0 Å². The molecule has 0 saturated carbocycles. The summed E-state index contributed by atoms with van der Waals surface area (Å²) in [5, 5.41) is 0. The normalized spacial score (nSPS) is 11.6. The van der Waals surface area contributed by atoms with Crippen LogP contribution < -0.4 is 5.73 Å². The maximum atomic E-state index is 5.79. The summed E-state index contributed by atoms with van der Waals surface area (Å²) >= 11 is 0. The molecular weight excluding hydrogens is 170 g/mol. The van der Waals surface area contributed by atoms with Crippen molar-refractivity contribution >= 4 is 0 Å². The van der Waals surface area contributed by atoms with E-state index < -0.39 is 0 Å². The highest BCUT2D eigenvalue weighted by Crippen LogP contribution is 2.01. The molecule has 1 aromatic rings. The molecule has 0 fully saturated rings. The molecule has 0 aliphatic carbocycles. The largest absolute Gasteiger partial charge is 0.318 e. The zero-order valence-electron chi connectivity index (χ0n) is 8.88. The summed E-state index contributed by atoms with van der Waals surface area (Å²) in [6, 6.07) is 8.20. The Morgan fingerprint density at radius 3 is 2.50 bits per heavy atom. The molecular formula is C13H17N. The van der Waals surface area contributed by atoms with Gasteiger partial charge in [0.25, 0.3) is 0 Å². The van der Waals surface area contributed by atoms with E-state index in [0.29, 0.717) is 0 Å². The molecule has 1 unspecified atom stereocenters. The molecule has 0 aliphatic heterocycles. The molecule has 14 heavy (non-hydrogen) atoms. The zero-order chi connectivity index (χ0) is 10.4. The molecule has 0 saturated heterocycles. The minimum atomic E-state index is 0.0151. The fraction of sp³-hybridized carbons (Fsp3) is 0.385. The van der Waals surface area contributed by atoms with Gasteiger partial charge in [-0.2, -0.15) is 0 Å². The van der Waals surface area contributed by atoms with Gasteiger partial charge >= 0.3 is 0 Å². The Morgan fingerprint density at radius 1 is 1.29 bits per heavy atom. The second-order valence-corrected chi connectivity index (χ2v) is 3.53. The fourth-order valence-electron chi connectivity index (χ4n) is 1.20. The minimum Gasteiger partial charge on any atom is -0.318 e. The first-order valence-electron chi connectivity index (χ1n) is 5.06. The van der Waals surface area contributed by atoms with Crippen molar-refractivity contribution in [1.82, 2.24) is 0 Å². The number of aryl methyl sites for hydroxylation is 1. The lowest BCUT2D eigenvalue weighted by atomic mass is 10.1. The van der Waals surface area contributed by atoms with Crippen LogP contribution in [-0.2, 0) is 0 Å². The minimum absolute atomic E-state index is 0.0151. The SMILES string of the molecule is CCCC(N)C#Cc1ccc(C)cc1. The second kappa shape index (κ2) is 5.47. The maximum absolute atomic E-state index is 5.79. The van der Waals surface area contributed by atoms with E-state index in [1.807, 2.05) is 12.1 Å². The summed E-state index contributed by atoms with van der Waals surface area (Å²) in [5.74, 6) is 6.13. The molecule has 0 heterocycles. The summed E-state index contributed by atoms with van der Waals surface area (Å²) < 4.78 is 0. The van der Waals surface area contributed by atoms with Crippen LogP contribution in [-0.4, -0.2) is 6.04 Å². The van der Waals surface area contributed by atoms with Crippen molar-refractivity contribution in [3.8, 4) is 11.8 Å². The monoisotopic (exact) mass is 187 g/mol. The average Bonchev–Trinajstić information content (AvgIpc) is 2.17. The highest BCUT2D eigenvalue weighted by Gasteiger charge is 1.93. The summed E-state index contributed by atoms with van der Waals surface area (Å²) in [6.07, 6.45) is 2.06. The molecule has 0 spiro atoms. The maximum Gasteiger partial charge on any atom is 0.0668 e. The fourth-order valence-corrected chi connectivity index (χ4v) is 1.20. The molecule has 1 rings (SSSR count). The van der Waals surface area contributed by atoms with E-state index in [4.69, 9.17) is 5.73 Å². The van der Waals surface area contributed by atoms with Gasteiger partial charge in [0.1, 0.15) is 0 Å². The zero-order valence-corrected chi connectivity index (χ0v) is 8.88. The van der Waals surface area contributed by atoms with Gasteiger partial charge in [-0.05, 0) is 25.5 Å². The highest BCUT2D eigenvalue weighted by atomic mass is 14.6. The molecule has 1 heteroatoms. The highest BCUT2D eigenvalue weighted by molar-refractivity contribution is 5.36. The first kappa shape index (κ1) is 10.8. The number of hydrogen-bond acceptors (Lipinski definition) is 1. The predicted octanol–water partition coefficient (Wildman–Crippen LogP) is 2.47. The van der Waals surface area contributed by atoms with Crippen LogP contribution in [0.15, 0.2) is 24.3 Å². The van der Waals surface area contributed by atoms with E-state index in [9.17, 15) is 0 Å². The van der Waals surface area contributed by atoms with Gasteiger partial charge in [0.05, 0.1) is 6.04 Å². The Bertz CT molecular complexity index is 326. The average molecular weight is 187 g/mol. The summed E-state index contributed by atoms with van der Waals surface area (Å²) in [5.41, 5.74) is 8.09. The van der Waals surface area contributed by atoms with Crippen LogP contribution in [0.5, 0.6) is 0 Å². The Morgan fingerprint density at radius 2 is 1.93 bits per heavy atom. The Balaban J connectivity index is 2.63. The van der Waals surface area contributed by atoms with Crippen molar-refractivity contribution in [3.05, 3.63) is 35.4 Å².